The van der Waals surface area contributed by atoms with E-state index < -0.39 is 34.2 Å². The molecule has 1 aliphatic rings. The van der Waals surface area contributed by atoms with Gasteiger partial charge in [0.1, 0.15) is 0 Å². The van der Waals surface area contributed by atoms with E-state index in [0.717, 1.165) is 16.7 Å². The Balaban J connectivity index is 1.89. The van der Waals surface area contributed by atoms with Gasteiger partial charge in [-0.3, -0.25) is 0 Å². The van der Waals surface area contributed by atoms with E-state index in [1.165, 1.54) is 4.31 Å². The molecule has 2 unspecified atom stereocenters. The molecule has 0 spiro atoms. The lowest BCUT2D eigenvalue weighted by Crippen LogP contribution is -2.54. The molecule has 0 N–H and O–H groups in total. The Morgan fingerprint density at radius 1 is 0.975 bits per heavy atom. The van der Waals surface area contributed by atoms with Crippen LogP contribution >= 0.6 is 34.8 Å². The number of benzene rings is 2. The standard InChI is InChI=1S/C30H42Cl3NO4SSi/c1-23-14-16-27(17-15-23)39(35,36)34-26(13-10-18-37-21-24-11-8-7-9-12-24)19-25(20-28(34)30(31,32)33)22-38-40(5,6)29(2,3)4/h7-9,11-12,14-17,19,26,28H,10,13,18,20-22H2,1-6H3. The van der Waals surface area contributed by atoms with Crippen LogP contribution in [0.3, 0.4) is 0 Å². The minimum absolute atomic E-state index is 0.0349. The molecular formula is C30H42Cl3NO4SSi. The molecule has 222 valence electrons. The number of halogens is 3. The second-order valence-electron chi connectivity index (χ2n) is 12.0. The number of ether oxygens (including phenoxy) is 1. The zero-order valence-corrected chi connectivity index (χ0v) is 28.4. The van der Waals surface area contributed by atoms with Crippen molar-refractivity contribution in [1.29, 1.82) is 0 Å². The monoisotopic (exact) mass is 645 g/mol. The normalized spacial score (nSPS) is 19.5. The van der Waals surface area contributed by atoms with E-state index in [9.17, 15) is 8.42 Å². The van der Waals surface area contributed by atoms with Crippen LogP contribution in [0, 0.1) is 6.92 Å². The first kappa shape index (κ1) is 33.6. The second kappa shape index (κ2) is 13.6. The second-order valence-corrected chi connectivity index (χ2v) is 21.1. The zero-order valence-electron chi connectivity index (χ0n) is 24.3. The number of sulfonamides is 1. The summed E-state index contributed by atoms with van der Waals surface area (Å²) >= 11 is 19.5. The summed E-state index contributed by atoms with van der Waals surface area (Å²) < 4.78 is 40.1. The molecule has 3 rings (SSSR count). The van der Waals surface area contributed by atoms with E-state index in [4.69, 9.17) is 44.0 Å². The number of rotatable bonds is 11. The number of nitrogens with zero attached hydrogens (tertiary/aromatic N) is 1. The summed E-state index contributed by atoms with van der Waals surface area (Å²) in [6.07, 6.45) is 3.43. The average Bonchev–Trinajstić information content (AvgIpc) is 2.86. The summed E-state index contributed by atoms with van der Waals surface area (Å²) in [6.45, 7) is 14.2. The number of hydrogen-bond donors (Lipinski definition) is 0. The van der Waals surface area contributed by atoms with Crippen LogP contribution in [0.4, 0.5) is 0 Å². The third kappa shape index (κ3) is 8.80. The molecule has 0 bridgehead atoms. The molecule has 2 atom stereocenters. The fourth-order valence-corrected chi connectivity index (χ4v) is 7.90. The summed E-state index contributed by atoms with van der Waals surface area (Å²) in [5, 5.41) is 0.0349. The van der Waals surface area contributed by atoms with Gasteiger partial charge in [0, 0.05) is 12.6 Å². The number of aryl methyl sites for hydroxylation is 1. The average molecular weight is 647 g/mol. The Bertz CT molecular complexity index is 1240. The molecule has 0 aromatic heterocycles. The lowest BCUT2D eigenvalue weighted by Gasteiger charge is -2.44. The Labute approximate surface area is 257 Å². The van der Waals surface area contributed by atoms with Crippen molar-refractivity contribution < 1.29 is 17.6 Å². The van der Waals surface area contributed by atoms with Gasteiger partial charge in [-0.1, -0.05) is 110 Å². The summed E-state index contributed by atoms with van der Waals surface area (Å²) in [4.78, 5) is 0.178. The third-order valence-corrected chi connectivity index (χ3v) is 15.0. The molecule has 40 heavy (non-hydrogen) atoms. The topological polar surface area (TPSA) is 55.8 Å². The molecule has 0 fully saturated rings. The van der Waals surface area contributed by atoms with Crippen LogP contribution < -0.4 is 0 Å². The predicted octanol–water partition coefficient (Wildman–Crippen LogP) is 8.44. The highest BCUT2D eigenvalue weighted by Gasteiger charge is 2.48. The third-order valence-electron chi connectivity index (χ3n) is 7.82. The van der Waals surface area contributed by atoms with Crippen molar-refractivity contribution in [3.8, 4) is 0 Å². The highest BCUT2D eigenvalue weighted by Crippen LogP contribution is 2.44. The van der Waals surface area contributed by atoms with E-state index >= 15 is 0 Å². The predicted molar refractivity (Wildman–Crippen MR) is 169 cm³/mol. The maximum atomic E-state index is 14.1. The summed E-state index contributed by atoms with van der Waals surface area (Å²) in [5.41, 5.74) is 3.00. The SMILES string of the molecule is Cc1ccc(S(=O)(=O)N2C(CCCOCc3ccccc3)C=C(CO[Si](C)(C)C(C)(C)C)CC2C(Cl)(Cl)Cl)cc1. The van der Waals surface area contributed by atoms with Gasteiger partial charge in [-0.2, -0.15) is 4.31 Å². The first-order chi connectivity index (χ1) is 18.5. The molecule has 5 nitrogen and oxygen atoms in total. The molecule has 0 radical (unpaired) electrons. The Morgan fingerprint density at radius 2 is 1.60 bits per heavy atom. The van der Waals surface area contributed by atoms with Crippen LogP contribution in [0.25, 0.3) is 0 Å². The van der Waals surface area contributed by atoms with E-state index in [2.05, 4.69) is 33.9 Å². The van der Waals surface area contributed by atoms with Gasteiger partial charge >= 0.3 is 0 Å². The van der Waals surface area contributed by atoms with Gasteiger partial charge in [0.15, 0.2) is 8.32 Å². The molecule has 10 heteroatoms. The maximum Gasteiger partial charge on any atom is 0.244 e. The molecular weight excluding hydrogens is 605 g/mol. The molecule has 1 aliphatic heterocycles. The number of hydrogen-bond acceptors (Lipinski definition) is 4. The summed E-state index contributed by atoms with van der Waals surface area (Å²) in [6, 6.07) is 15.3. The van der Waals surface area contributed by atoms with E-state index in [1.54, 1.807) is 24.3 Å². The van der Waals surface area contributed by atoms with Gasteiger partial charge in [0.05, 0.1) is 24.2 Å². The Hall–Kier alpha value is -0.903. The van der Waals surface area contributed by atoms with Crippen molar-refractivity contribution in [3.63, 3.8) is 0 Å². The molecule has 0 amide bonds. The summed E-state index contributed by atoms with van der Waals surface area (Å²) in [7, 11) is -6.02. The van der Waals surface area contributed by atoms with Gasteiger partial charge in [0.2, 0.25) is 13.8 Å². The van der Waals surface area contributed by atoms with Gasteiger partial charge in [-0.05, 0) is 67.6 Å². The zero-order chi connectivity index (χ0) is 29.8. The van der Waals surface area contributed by atoms with Crippen molar-refractivity contribution in [2.24, 2.45) is 0 Å². The Kier molecular flexibility index (Phi) is 11.4. The van der Waals surface area contributed by atoms with E-state index in [1.807, 2.05) is 43.3 Å². The number of alkyl halides is 3. The smallest absolute Gasteiger partial charge is 0.244 e. The van der Waals surface area contributed by atoms with Crippen LogP contribution in [0.5, 0.6) is 0 Å². The first-order valence-electron chi connectivity index (χ1n) is 13.6. The quantitative estimate of drug-likeness (QED) is 0.106. The van der Waals surface area contributed by atoms with E-state index in [0.29, 0.717) is 32.7 Å². The van der Waals surface area contributed by atoms with Crippen molar-refractivity contribution in [1.82, 2.24) is 4.31 Å². The molecule has 0 saturated carbocycles. The van der Waals surface area contributed by atoms with Crippen molar-refractivity contribution >= 4 is 53.1 Å². The molecule has 0 aliphatic carbocycles. The summed E-state index contributed by atoms with van der Waals surface area (Å²) in [5.74, 6) is 0. The van der Waals surface area contributed by atoms with Crippen LogP contribution in [-0.2, 0) is 25.8 Å². The highest BCUT2D eigenvalue weighted by molar-refractivity contribution is 7.89. The fraction of sp³-hybridized carbons (Fsp3) is 0.533. The van der Waals surface area contributed by atoms with Crippen molar-refractivity contribution in [2.75, 3.05) is 13.2 Å². The van der Waals surface area contributed by atoms with Crippen LogP contribution in [-0.4, -0.2) is 50.1 Å². The molecule has 0 saturated heterocycles. The fourth-order valence-electron chi connectivity index (χ4n) is 4.39. The van der Waals surface area contributed by atoms with Crippen LogP contribution in [0.1, 0.15) is 51.2 Å². The lowest BCUT2D eigenvalue weighted by molar-refractivity contribution is 0.112. The maximum absolute atomic E-state index is 14.1. The Morgan fingerprint density at radius 3 is 2.17 bits per heavy atom. The van der Waals surface area contributed by atoms with Crippen LogP contribution in [0.15, 0.2) is 71.1 Å². The largest absolute Gasteiger partial charge is 0.413 e. The first-order valence-corrected chi connectivity index (χ1v) is 19.1. The lowest BCUT2D eigenvalue weighted by atomic mass is 9.96. The molecule has 2 aromatic rings. The van der Waals surface area contributed by atoms with E-state index in [-0.39, 0.29) is 16.4 Å². The van der Waals surface area contributed by atoms with Crippen LogP contribution in [0.2, 0.25) is 18.1 Å². The van der Waals surface area contributed by atoms with Gasteiger partial charge in [-0.25, -0.2) is 8.42 Å². The van der Waals surface area contributed by atoms with Gasteiger partial charge in [-0.15, -0.1) is 0 Å². The highest BCUT2D eigenvalue weighted by atomic mass is 35.6. The minimum atomic E-state index is -3.97. The van der Waals surface area contributed by atoms with Gasteiger partial charge in [0.25, 0.3) is 0 Å². The van der Waals surface area contributed by atoms with Crippen molar-refractivity contribution in [2.45, 2.75) is 92.5 Å². The molecule has 2 aromatic carbocycles. The van der Waals surface area contributed by atoms with Gasteiger partial charge < -0.3 is 9.16 Å². The van der Waals surface area contributed by atoms with Crippen molar-refractivity contribution in [3.05, 3.63) is 77.4 Å². The molecule has 1 heterocycles. The minimum Gasteiger partial charge on any atom is -0.413 e.